The van der Waals surface area contributed by atoms with E-state index in [1.165, 1.54) is 6.20 Å². The highest BCUT2D eigenvalue weighted by atomic mass is 16.4. The number of carbonyl (C=O) groups is 2. The second-order valence-electron chi connectivity index (χ2n) is 5.42. The fourth-order valence-corrected chi connectivity index (χ4v) is 2.16. The van der Waals surface area contributed by atoms with Crippen LogP contribution < -0.4 is 5.32 Å². The van der Waals surface area contributed by atoms with Crippen LogP contribution in [0.15, 0.2) is 42.7 Å². The molecule has 22 heavy (non-hydrogen) atoms. The second-order valence-corrected chi connectivity index (χ2v) is 5.42. The first-order valence-corrected chi connectivity index (χ1v) is 7.00. The van der Waals surface area contributed by atoms with Gasteiger partial charge in [-0.3, -0.25) is 19.6 Å². The molecule has 1 fully saturated rings. The van der Waals surface area contributed by atoms with Gasteiger partial charge in [-0.25, -0.2) is 0 Å². The Morgan fingerprint density at radius 1 is 1.14 bits per heavy atom. The third-order valence-electron chi connectivity index (χ3n) is 3.85. The van der Waals surface area contributed by atoms with E-state index in [-0.39, 0.29) is 12.5 Å². The molecule has 6 heteroatoms. The molecule has 0 saturated heterocycles. The molecule has 0 atom stereocenters. The highest BCUT2D eigenvalue weighted by Crippen LogP contribution is 2.45. The van der Waals surface area contributed by atoms with E-state index in [0.29, 0.717) is 24.1 Å². The van der Waals surface area contributed by atoms with Crippen molar-refractivity contribution in [3.63, 3.8) is 0 Å². The first-order chi connectivity index (χ1) is 10.6. The molecule has 2 aromatic rings. The minimum absolute atomic E-state index is 0.156. The quantitative estimate of drug-likeness (QED) is 0.877. The van der Waals surface area contributed by atoms with Crippen molar-refractivity contribution in [1.29, 1.82) is 0 Å². The minimum atomic E-state index is -0.851. The molecule has 0 unspecified atom stereocenters. The molecule has 1 aliphatic rings. The van der Waals surface area contributed by atoms with E-state index >= 15 is 0 Å². The Kier molecular flexibility index (Phi) is 3.58. The predicted octanol–water partition coefficient (Wildman–Crippen LogP) is 1.74. The van der Waals surface area contributed by atoms with Crippen LogP contribution >= 0.6 is 0 Å². The third kappa shape index (κ3) is 2.81. The molecular formula is C16H15N3O3. The van der Waals surface area contributed by atoms with E-state index in [4.69, 9.17) is 5.11 Å². The number of carboxylic acids is 1. The second kappa shape index (κ2) is 5.55. The standard InChI is InChI=1S/C16H15N3O3/c20-14(19-10-16(6-7-16)15(21)22)11-4-5-13(18-9-11)12-3-1-2-8-17-12/h1-5,8-9H,6-7,10H2,(H,19,20)(H,21,22). The Morgan fingerprint density at radius 2 is 1.91 bits per heavy atom. The summed E-state index contributed by atoms with van der Waals surface area (Å²) in [7, 11) is 0. The number of carbonyl (C=O) groups excluding carboxylic acids is 1. The number of hydrogen-bond donors (Lipinski definition) is 2. The molecule has 6 nitrogen and oxygen atoms in total. The maximum atomic E-state index is 12.0. The Hall–Kier alpha value is -2.76. The van der Waals surface area contributed by atoms with Gasteiger partial charge in [0.2, 0.25) is 0 Å². The topological polar surface area (TPSA) is 92.2 Å². The van der Waals surface area contributed by atoms with Crippen LogP contribution in [0.1, 0.15) is 23.2 Å². The van der Waals surface area contributed by atoms with Crippen LogP contribution in [-0.2, 0) is 4.79 Å². The van der Waals surface area contributed by atoms with E-state index < -0.39 is 11.4 Å². The van der Waals surface area contributed by atoms with Gasteiger partial charge in [0.25, 0.3) is 5.91 Å². The van der Waals surface area contributed by atoms with Gasteiger partial charge in [0.1, 0.15) is 0 Å². The van der Waals surface area contributed by atoms with Gasteiger partial charge in [-0.05, 0) is 37.1 Å². The molecule has 2 heterocycles. The lowest BCUT2D eigenvalue weighted by Crippen LogP contribution is -2.34. The maximum Gasteiger partial charge on any atom is 0.311 e. The first kappa shape index (κ1) is 14.2. The largest absolute Gasteiger partial charge is 0.481 e. The molecule has 0 spiro atoms. The molecule has 1 saturated carbocycles. The summed E-state index contributed by atoms with van der Waals surface area (Å²) in [6.07, 6.45) is 4.37. The van der Waals surface area contributed by atoms with E-state index in [1.54, 1.807) is 18.3 Å². The summed E-state index contributed by atoms with van der Waals surface area (Å²) in [6, 6.07) is 8.91. The normalized spacial score (nSPS) is 15.1. The van der Waals surface area contributed by atoms with E-state index in [0.717, 1.165) is 5.69 Å². The van der Waals surface area contributed by atoms with Gasteiger partial charge in [-0.1, -0.05) is 6.07 Å². The summed E-state index contributed by atoms with van der Waals surface area (Å²) >= 11 is 0. The SMILES string of the molecule is O=C(NCC1(C(=O)O)CC1)c1ccc(-c2ccccn2)nc1. The van der Waals surface area contributed by atoms with E-state index in [2.05, 4.69) is 15.3 Å². The van der Waals surface area contributed by atoms with Crippen molar-refractivity contribution in [3.05, 3.63) is 48.3 Å². The van der Waals surface area contributed by atoms with Crippen molar-refractivity contribution in [1.82, 2.24) is 15.3 Å². The molecule has 2 N–H and O–H groups in total. The molecule has 0 bridgehead atoms. The maximum absolute atomic E-state index is 12.0. The molecule has 0 aliphatic heterocycles. The fraction of sp³-hybridized carbons (Fsp3) is 0.250. The summed E-state index contributed by atoms with van der Waals surface area (Å²) in [4.78, 5) is 31.5. The Labute approximate surface area is 127 Å². The average Bonchev–Trinajstić information content (AvgIpc) is 3.35. The average molecular weight is 297 g/mol. The third-order valence-corrected chi connectivity index (χ3v) is 3.85. The number of nitrogens with one attached hydrogen (secondary N) is 1. The molecular weight excluding hydrogens is 282 g/mol. The lowest BCUT2D eigenvalue weighted by atomic mass is 10.1. The number of carboxylic acid groups (broad SMARTS) is 1. The Morgan fingerprint density at radius 3 is 2.45 bits per heavy atom. The molecule has 1 aliphatic carbocycles. The van der Waals surface area contributed by atoms with Crippen LogP contribution in [0.3, 0.4) is 0 Å². The summed E-state index contributed by atoms with van der Waals surface area (Å²) in [5.74, 6) is -1.16. The van der Waals surface area contributed by atoms with E-state index in [1.807, 2.05) is 18.2 Å². The first-order valence-electron chi connectivity index (χ1n) is 7.00. The summed E-state index contributed by atoms with van der Waals surface area (Å²) in [5, 5.41) is 11.7. The zero-order chi connectivity index (χ0) is 15.6. The van der Waals surface area contributed by atoms with Crippen LogP contribution in [0.5, 0.6) is 0 Å². The monoisotopic (exact) mass is 297 g/mol. The van der Waals surface area contributed by atoms with Crippen LogP contribution in [0, 0.1) is 5.41 Å². The number of aliphatic carboxylic acids is 1. The zero-order valence-corrected chi connectivity index (χ0v) is 11.8. The van der Waals surface area contributed by atoms with Crippen LogP contribution in [-0.4, -0.2) is 33.5 Å². The van der Waals surface area contributed by atoms with Gasteiger partial charge in [-0.15, -0.1) is 0 Å². The van der Waals surface area contributed by atoms with Gasteiger partial charge in [0.15, 0.2) is 0 Å². The summed E-state index contributed by atoms with van der Waals surface area (Å²) < 4.78 is 0. The number of hydrogen-bond acceptors (Lipinski definition) is 4. The highest BCUT2D eigenvalue weighted by Gasteiger charge is 2.50. The fourth-order valence-electron chi connectivity index (χ4n) is 2.16. The Bertz CT molecular complexity index is 694. The van der Waals surface area contributed by atoms with Gasteiger partial charge in [-0.2, -0.15) is 0 Å². The zero-order valence-electron chi connectivity index (χ0n) is 11.8. The lowest BCUT2D eigenvalue weighted by molar-refractivity contribution is -0.143. The molecule has 0 radical (unpaired) electrons. The highest BCUT2D eigenvalue weighted by molar-refractivity contribution is 5.94. The van der Waals surface area contributed by atoms with Crippen LogP contribution in [0.2, 0.25) is 0 Å². The van der Waals surface area contributed by atoms with Gasteiger partial charge in [0, 0.05) is 18.9 Å². The van der Waals surface area contributed by atoms with Gasteiger partial charge >= 0.3 is 5.97 Å². The summed E-state index contributed by atoms with van der Waals surface area (Å²) in [6.45, 7) is 0.156. The number of amides is 1. The molecule has 112 valence electrons. The van der Waals surface area contributed by atoms with Gasteiger partial charge in [0.05, 0.1) is 22.4 Å². The van der Waals surface area contributed by atoms with Crippen molar-refractivity contribution < 1.29 is 14.7 Å². The van der Waals surface area contributed by atoms with Crippen LogP contribution in [0.25, 0.3) is 11.4 Å². The summed E-state index contributed by atoms with van der Waals surface area (Å²) in [5.41, 5.74) is 1.05. The van der Waals surface area contributed by atoms with Crippen molar-refractivity contribution in [2.24, 2.45) is 5.41 Å². The smallest absolute Gasteiger partial charge is 0.311 e. The molecule has 0 aromatic carbocycles. The van der Waals surface area contributed by atoms with Crippen molar-refractivity contribution in [3.8, 4) is 11.4 Å². The number of nitrogens with zero attached hydrogens (tertiary/aromatic N) is 2. The molecule has 3 rings (SSSR count). The number of aromatic nitrogens is 2. The number of pyridine rings is 2. The van der Waals surface area contributed by atoms with Crippen molar-refractivity contribution in [2.75, 3.05) is 6.54 Å². The number of rotatable bonds is 5. The predicted molar refractivity (Wildman–Crippen MR) is 79.1 cm³/mol. The van der Waals surface area contributed by atoms with Crippen molar-refractivity contribution in [2.45, 2.75) is 12.8 Å². The Balaban J connectivity index is 1.65. The van der Waals surface area contributed by atoms with Crippen molar-refractivity contribution >= 4 is 11.9 Å². The minimum Gasteiger partial charge on any atom is -0.481 e. The van der Waals surface area contributed by atoms with Gasteiger partial charge < -0.3 is 10.4 Å². The molecule has 2 aromatic heterocycles. The van der Waals surface area contributed by atoms with Crippen LogP contribution in [0.4, 0.5) is 0 Å². The van der Waals surface area contributed by atoms with E-state index in [9.17, 15) is 9.59 Å². The molecule has 1 amide bonds. The lowest BCUT2D eigenvalue weighted by Gasteiger charge is -2.11.